The average Bonchev–Trinajstić information content (AvgIpc) is 3.04. The number of rotatable bonds is 5. The molecular formula is C14H15N5OS. The van der Waals surface area contributed by atoms with Crippen molar-refractivity contribution in [1.29, 1.82) is 0 Å². The minimum absolute atomic E-state index is 0.510. The summed E-state index contributed by atoms with van der Waals surface area (Å²) in [5.41, 5.74) is 3.12. The van der Waals surface area contributed by atoms with Gasteiger partial charge in [0.15, 0.2) is 0 Å². The van der Waals surface area contributed by atoms with Crippen LogP contribution in [0.5, 0.6) is 0 Å². The summed E-state index contributed by atoms with van der Waals surface area (Å²) in [6, 6.07) is 6.18. The van der Waals surface area contributed by atoms with Gasteiger partial charge in [0.2, 0.25) is 11.8 Å². The Morgan fingerprint density at radius 3 is 2.90 bits per heavy atom. The Hall–Kier alpha value is -1.86. The van der Waals surface area contributed by atoms with E-state index in [0.717, 1.165) is 23.5 Å². The first-order valence-corrected chi connectivity index (χ1v) is 7.73. The Morgan fingerprint density at radius 2 is 2.05 bits per heavy atom. The van der Waals surface area contributed by atoms with E-state index in [1.54, 1.807) is 0 Å². The molecule has 1 saturated carbocycles. The van der Waals surface area contributed by atoms with Crippen molar-refractivity contribution >= 4 is 22.8 Å². The van der Waals surface area contributed by atoms with Gasteiger partial charge in [0.25, 0.3) is 0 Å². The van der Waals surface area contributed by atoms with E-state index in [9.17, 15) is 0 Å². The van der Waals surface area contributed by atoms with Crippen LogP contribution >= 0.6 is 11.7 Å². The molecule has 0 amide bonds. The molecule has 2 aromatic heterocycles. The number of fused-ring (bicyclic) bond motifs is 1. The SMILES string of the molecule is CN(Cc1ccc2nsnc2c1)Cc1nnc(C2CC2)o1. The largest absolute Gasteiger partial charge is 0.424 e. The Balaban J connectivity index is 1.42. The monoisotopic (exact) mass is 301 g/mol. The van der Waals surface area contributed by atoms with Crippen LogP contribution in [0.25, 0.3) is 11.0 Å². The van der Waals surface area contributed by atoms with Crippen LogP contribution in [0.1, 0.15) is 36.1 Å². The minimum Gasteiger partial charge on any atom is -0.424 e. The Kier molecular flexibility index (Phi) is 3.16. The maximum absolute atomic E-state index is 5.69. The van der Waals surface area contributed by atoms with Crippen LogP contribution in [-0.2, 0) is 13.1 Å². The Labute approximate surface area is 126 Å². The molecule has 0 aliphatic heterocycles. The molecule has 0 radical (unpaired) electrons. The summed E-state index contributed by atoms with van der Waals surface area (Å²) in [4.78, 5) is 2.16. The van der Waals surface area contributed by atoms with Gasteiger partial charge >= 0.3 is 0 Å². The summed E-state index contributed by atoms with van der Waals surface area (Å²) in [5, 5.41) is 8.23. The van der Waals surface area contributed by atoms with Gasteiger partial charge in [-0.05, 0) is 37.6 Å². The van der Waals surface area contributed by atoms with Crippen molar-refractivity contribution in [2.75, 3.05) is 7.05 Å². The predicted octanol–water partition coefficient (Wildman–Crippen LogP) is 2.58. The van der Waals surface area contributed by atoms with Crippen LogP contribution in [-0.4, -0.2) is 30.9 Å². The second-order valence-electron chi connectivity index (χ2n) is 5.57. The number of nitrogens with zero attached hydrogens (tertiary/aromatic N) is 5. The van der Waals surface area contributed by atoms with Crippen LogP contribution in [0.4, 0.5) is 0 Å². The molecule has 0 bridgehead atoms. The predicted molar refractivity (Wildman–Crippen MR) is 78.9 cm³/mol. The zero-order valence-corrected chi connectivity index (χ0v) is 12.5. The van der Waals surface area contributed by atoms with Crippen molar-refractivity contribution in [3.63, 3.8) is 0 Å². The van der Waals surface area contributed by atoms with E-state index in [1.807, 2.05) is 13.1 Å². The van der Waals surface area contributed by atoms with E-state index in [-0.39, 0.29) is 0 Å². The van der Waals surface area contributed by atoms with Crippen molar-refractivity contribution in [3.8, 4) is 0 Å². The zero-order valence-electron chi connectivity index (χ0n) is 11.7. The van der Waals surface area contributed by atoms with Gasteiger partial charge < -0.3 is 4.42 Å². The third kappa shape index (κ3) is 2.79. The summed E-state index contributed by atoms with van der Waals surface area (Å²) >= 11 is 1.25. The van der Waals surface area contributed by atoms with Gasteiger partial charge in [0.05, 0.1) is 18.3 Å². The fourth-order valence-electron chi connectivity index (χ4n) is 2.35. The molecule has 2 heterocycles. The number of hydrogen-bond donors (Lipinski definition) is 0. The first-order valence-electron chi connectivity index (χ1n) is 7.00. The van der Waals surface area contributed by atoms with E-state index in [4.69, 9.17) is 4.42 Å². The molecule has 7 heteroatoms. The third-order valence-electron chi connectivity index (χ3n) is 3.58. The molecule has 0 unspecified atom stereocenters. The van der Waals surface area contributed by atoms with E-state index in [2.05, 4.69) is 36.0 Å². The minimum atomic E-state index is 0.510. The summed E-state index contributed by atoms with van der Waals surface area (Å²) in [7, 11) is 2.05. The molecule has 1 fully saturated rings. The second kappa shape index (κ2) is 5.16. The molecule has 0 spiro atoms. The van der Waals surface area contributed by atoms with Crippen molar-refractivity contribution < 1.29 is 4.42 Å². The lowest BCUT2D eigenvalue weighted by Crippen LogP contribution is -2.17. The number of benzene rings is 1. The first-order chi connectivity index (χ1) is 10.3. The second-order valence-corrected chi connectivity index (χ2v) is 6.10. The quantitative estimate of drug-likeness (QED) is 0.721. The molecule has 0 atom stereocenters. The van der Waals surface area contributed by atoms with E-state index >= 15 is 0 Å². The molecule has 108 valence electrons. The molecule has 1 aromatic carbocycles. The molecule has 4 rings (SSSR count). The fraction of sp³-hybridized carbons (Fsp3) is 0.429. The standard InChI is InChI=1S/C14H15N5OS/c1-19(8-13-15-16-14(20-13)10-3-4-10)7-9-2-5-11-12(6-9)18-21-17-11/h2,5-6,10H,3-4,7-8H2,1H3. The highest BCUT2D eigenvalue weighted by molar-refractivity contribution is 7.00. The highest BCUT2D eigenvalue weighted by atomic mass is 32.1. The highest BCUT2D eigenvalue weighted by Gasteiger charge is 2.29. The van der Waals surface area contributed by atoms with Gasteiger partial charge in [-0.1, -0.05) is 6.07 Å². The lowest BCUT2D eigenvalue weighted by Gasteiger charge is -2.14. The molecule has 6 nitrogen and oxygen atoms in total. The van der Waals surface area contributed by atoms with Crippen LogP contribution in [0.2, 0.25) is 0 Å². The summed E-state index contributed by atoms with van der Waals surface area (Å²) in [5.74, 6) is 2.00. The van der Waals surface area contributed by atoms with Crippen LogP contribution in [0.3, 0.4) is 0 Å². The molecule has 0 saturated heterocycles. The van der Waals surface area contributed by atoms with Gasteiger partial charge in [-0.2, -0.15) is 8.75 Å². The Morgan fingerprint density at radius 1 is 1.19 bits per heavy atom. The molecule has 0 N–H and O–H groups in total. The first kappa shape index (κ1) is 12.8. The zero-order chi connectivity index (χ0) is 14.2. The molecular weight excluding hydrogens is 286 g/mol. The molecule has 1 aliphatic rings. The van der Waals surface area contributed by atoms with E-state index in [1.165, 1.54) is 30.1 Å². The van der Waals surface area contributed by atoms with Crippen LogP contribution in [0, 0.1) is 0 Å². The lowest BCUT2D eigenvalue weighted by atomic mass is 10.2. The summed E-state index contributed by atoms with van der Waals surface area (Å²) in [6.45, 7) is 1.47. The van der Waals surface area contributed by atoms with Gasteiger partial charge in [-0.25, -0.2) is 0 Å². The lowest BCUT2D eigenvalue weighted by molar-refractivity contribution is 0.277. The third-order valence-corrected chi connectivity index (χ3v) is 4.14. The van der Waals surface area contributed by atoms with E-state index in [0.29, 0.717) is 18.4 Å². The molecule has 21 heavy (non-hydrogen) atoms. The smallest absolute Gasteiger partial charge is 0.230 e. The van der Waals surface area contributed by atoms with Gasteiger partial charge in [-0.3, -0.25) is 4.90 Å². The van der Waals surface area contributed by atoms with Gasteiger partial charge in [0, 0.05) is 12.5 Å². The Bertz CT molecular complexity index is 763. The number of hydrogen-bond acceptors (Lipinski definition) is 7. The van der Waals surface area contributed by atoms with Crippen molar-refractivity contribution in [3.05, 3.63) is 35.5 Å². The summed E-state index contributed by atoms with van der Waals surface area (Å²) < 4.78 is 14.2. The normalized spacial score (nSPS) is 15.1. The van der Waals surface area contributed by atoms with Crippen molar-refractivity contribution in [1.82, 2.24) is 23.8 Å². The summed E-state index contributed by atoms with van der Waals surface area (Å²) in [6.07, 6.45) is 2.36. The van der Waals surface area contributed by atoms with Crippen LogP contribution < -0.4 is 0 Å². The fourth-order valence-corrected chi connectivity index (χ4v) is 2.87. The highest BCUT2D eigenvalue weighted by Crippen LogP contribution is 2.39. The molecule has 1 aliphatic carbocycles. The molecule has 3 aromatic rings. The van der Waals surface area contributed by atoms with Crippen molar-refractivity contribution in [2.24, 2.45) is 0 Å². The average molecular weight is 301 g/mol. The van der Waals surface area contributed by atoms with Gasteiger partial charge in [-0.15, -0.1) is 10.2 Å². The topological polar surface area (TPSA) is 67.9 Å². The maximum atomic E-state index is 5.69. The van der Waals surface area contributed by atoms with Crippen molar-refractivity contribution in [2.45, 2.75) is 31.8 Å². The maximum Gasteiger partial charge on any atom is 0.230 e. The number of aromatic nitrogens is 4. The van der Waals surface area contributed by atoms with E-state index < -0.39 is 0 Å². The van der Waals surface area contributed by atoms with Crippen LogP contribution in [0.15, 0.2) is 22.6 Å². The van der Waals surface area contributed by atoms with Gasteiger partial charge in [0.1, 0.15) is 11.0 Å².